The molecule has 1 aliphatic rings. The second-order valence-electron chi connectivity index (χ2n) is 2.35. The van der Waals surface area contributed by atoms with Crippen LogP contribution >= 0.6 is 0 Å². The summed E-state index contributed by atoms with van der Waals surface area (Å²) in [5.41, 5.74) is 0. The van der Waals surface area contributed by atoms with Crippen molar-refractivity contribution in [2.75, 3.05) is 6.54 Å². The van der Waals surface area contributed by atoms with Crippen molar-refractivity contribution >= 4 is 0 Å². The van der Waals surface area contributed by atoms with E-state index in [1.165, 1.54) is 12.8 Å². The molecule has 0 bridgehead atoms. The third-order valence-electron chi connectivity index (χ3n) is 1.46. The maximum Gasteiger partial charge on any atom is 0.00733 e. The maximum atomic E-state index is 3.38. The van der Waals surface area contributed by atoms with Gasteiger partial charge in [-0.05, 0) is 26.3 Å². The van der Waals surface area contributed by atoms with Crippen LogP contribution in [-0.2, 0) is 0 Å². The third-order valence-corrected chi connectivity index (χ3v) is 1.46. The quantitative estimate of drug-likeness (QED) is 0.465. The number of hydrogen-bond donors (Lipinski definition) is 1. The Morgan fingerprint density at radius 3 is 3.25 bits per heavy atom. The molecule has 0 radical (unpaired) electrons. The van der Waals surface area contributed by atoms with Crippen LogP contribution in [0.3, 0.4) is 0 Å². The Hall–Kier alpha value is -0.300. The molecule has 1 heteroatoms. The van der Waals surface area contributed by atoms with Crippen LogP contribution in [0, 0.1) is 0 Å². The number of nitrogens with one attached hydrogen (secondary N) is 1. The van der Waals surface area contributed by atoms with Crippen molar-refractivity contribution in [2.45, 2.75) is 25.8 Å². The summed E-state index contributed by atoms with van der Waals surface area (Å²) in [4.78, 5) is 0. The van der Waals surface area contributed by atoms with Gasteiger partial charge in [0.05, 0.1) is 0 Å². The Kier molecular flexibility index (Phi) is 2.10. The first kappa shape index (κ1) is 5.83. The van der Waals surface area contributed by atoms with Crippen molar-refractivity contribution in [3.05, 3.63) is 12.2 Å². The average molecular weight is 111 g/mol. The summed E-state index contributed by atoms with van der Waals surface area (Å²) in [6.07, 6.45) is 6.89. The van der Waals surface area contributed by atoms with Crippen molar-refractivity contribution < 1.29 is 0 Å². The van der Waals surface area contributed by atoms with Crippen LogP contribution in [0.15, 0.2) is 12.2 Å². The number of hydrogen-bond acceptors (Lipinski definition) is 1. The fourth-order valence-corrected chi connectivity index (χ4v) is 0.915. The summed E-state index contributed by atoms with van der Waals surface area (Å²) in [5, 5.41) is 3.38. The lowest BCUT2D eigenvalue weighted by molar-refractivity contribution is 0.573. The molecule has 1 unspecified atom stereocenters. The zero-order valence-corrected chi connectivity index (χ0v) is 5.35. The number of rotatable bonds is 0. The van der Waals surface area contributed by atoms with Gasteiger partial charge >= 0.3 is 0 Å². The summed E-state index contributed by atoms with van der Waals surface area (Å²) in [6, 6.07) is 0.689. The van der Waals surface area contributed by atoms with Crippen molar-refractivity contribution in [3.8, 4) is 0 Å². The van der Waals surface area contributed by atoms with Crippen molar-refractivity contribution in [1.29, 1.82) is 0 Å². The SMILES string of the molecule is CC1CC=CCCN1. The molecule has 0 spiro atoms. The average Bonchev–Trinajstić information content (AvgIpc) is 1.94. The van der Waals surface area contributed by atoms with E-state index in [2.05, 4.69) is 24.4 Å². The predicted octanol–water partition coefficient (Wildman–Crippen LogP) is 1.31. The molecule has 0 amide bonds. The molecule has 0 fully saturated rings. The lowest BCUT2D eigenvalue weighted by Crippen LogP contribution is -2.24. The summed E-state index contributed by atoms with van der Waals surface area (Å²) in [5.74, 6) is 0. The molecule has 1 atom stereocenters. The maximum absolute atomic E-state index is 3.38. The van der Waals surface area contributed by atoms with Gasteiger partial charge in [-0.15, -0.1) is 0 Å². The monoisotopic (exact) mass is 111 g/mol. The third kappa shape index (κ3) is 1.66. The highest BCUT2D eigenvalue weighted by molar-refractivity contribution is 4.88. The normalized spacial score (nSPS) is 29.9. The van der Waals surface area contributed by atoms with E-state index in [9.17, 15) is 0 Å². The first-order chi connectivity index (χ1) is 3.89. The predicted molar refractivity (Wildman–Crippen MR) is 35.8 cm³/mol. The lowest BCUT2D eigenvalue weighted by Gasteiger charge is -2.05. The van der Waals surface area contributed by atoms with Gasteiger partial charge in [0, 0.05) is 6.04 Å². The smallest absolute Gasteiger partial charge is 0.00733 e. The van der Waals surface area contributed by atoms with Crippen LogP contribution in [0.4, 0.5) is 0 Å². The zero-order valence-electron chi connectivity index (χ0n) is 5.35. The van der Waals surface area contributed by atoms with Gasteiger partial charge in [0.2, 0.25) is 0 Å². The molecule has 0 aromatic rings. The Bertz CT molecular complexity index is 86.4. The standard InChI is InChI=1S/C7H13N/c1-7-5-3-2-4-6-8-7/h2-3,7-8H,4-6H2,1H3. The fraction of sp³-hybridized carbons (Fsp3) is 0.714. The van der Waals surface area contributed by atoms with E-state index in [1.54, 1.807) is 0 Å². The molecule has 46 valence electrons. The van der Waals surface area contributed by atoms with Gasteiger partial charge in [-0.3, -0.25) is 0 Å². The topological polar surface area (TPSA) is 12.0 Å². The van der Waals surface area contributed by atoms with Crippen LogP contribution in [0.2, 0.25) is 0 Å². The largest absolute Gasteiger partial charge is 0.314 e. The molecule has 0 aromatic carbocycles. The summed E-state index contributed by atoms with van der Waals surface area (Å²) >= 11 is 0. The molecular formula is C7H13N. The molecular weight excluding hydrogens is 98.1 g/mol. The molecule has 0 saturated carbocycles. The van der Waals surface area contributed by atoms with Gasteiger partial charge < -0.3 is 5.32 Å². The van der Waals surface area contributed by atoms with Crippen molar-refractivity contribution in [1.82, 2.24) is 5.32 Å². The van der Waals surface area contributed by atoms with E-state index in [1.807, 2.05) is 0 Å². The summed E-state index contributed by atoms with van der Waals surface area (Å²) < 4.78 is 0. The van der Waals surface area contributed by atoms with E-state index in [-0.39, 0.29) is 0 Å². The first-order valence-corrected chi connectivity index (χ1v) is 3.28. The molecule has 1 rings (SSSR count). The van der Waals surface area contributed by atoms with E-state index in [0.29, 0.717) is 6.04 Å². The minimum absolute atomic E-state index is 0.689. The molecule has 0 aliphatic carbocycles. The van der Waals surface area contributed by atoms with Crippen LogP contribution < -0.4 is 5.32 Å². The van der Waals surface area contributed by atoms with Crippen LogP contribution in [-0.4, -0.2) is 12.6 Å². The molecule has 1 N–H and O–H groups in total. The second kappa shape index (κ2) is 2.88. The van der Waals surface area contributed by atoms with Gasteiger partial charge in [-0.2, -0.15) is 0 Å². The van der Waals surface area contributed by atoms with E-state index < -0.39 is 0 Å². The van der Waals surface area contributed by atoms with Crippen LogP contribution in [0.25, 0.3) is 0 Å². The van der Waals surface area contributed by atoms with Gasteiger partial charge in [-0.25, -0.2) is 0 Å². The van der Waals surface area contributed by atoms with Gasteiger partial charge in [0.15, 0.2) is 0 Å². The summed E-state index contributed by atoms with van der Waals surface area (Å²) in [7, 11) is 0. The van der Waals surface area contributed by atoms with Gasteiger partial charge in [0.25, 0.3) is 0 Å². The lowest BCUT2D eigenvalue weighted by atomic mass is 10.2. The Morgan fingerprint density at radius 1 is 1.50 bits per heavy atom. The highest BCUT2D eigenvalue weighted by Crippen LogP contribution is 1.97. The molecule has 0 aromatic heterocycles. The van der Waals surface area contributed by atoms with Crippen molar-refractivity contribution in [2.24, 2.45) is 0 Å². The minimum Gasteiger partial charge on any atom is -0.314 e. The first-order valence-electron chi connectivity index (χ1n) is 3.28. The molecule has 1 nitrogen and oxygen atoms in total. The molecule has 1 aliphatic heterocycles. The fourth-order valence-electron chi connectivity index (χ4n) is 0.915. The minimum atomic E-state index is 0.689. The zero-order chi connectivity index (χ0) is 5.82. The Balaban J connectivity index is 2.30. The molecule has 1 heterocycles. The van der Waals surface area contributed by atoms with Crippen molar-refractivity contribution in [3.63, 3.8) is 0 Å². The van der Waals surface area contributed by atoms with Crippen LogP contribution in [0.5, 0.6) is 0 Å². The van der Waals surface area contributed by atoms with E-state index in [0.717, 1.165) is 6.54 Å². The van der Waals surface area contributed by atoms with Gasteiger partial charge in [0.1, 0.15) is 0 Å². The molecule has 0 saturated heterocycles. The van der Waals surface area contributed by atoms with Gasteiger partial charge in [-0.1, -0.05) is 12.2 Å². The highest BCUT2D eigenvalue weighted by Gasteiger charge is 1.98. The second-order valence-corrected chi connectivity index (χ2v) is 2.35. The van der Waals surface area contributed by atoms with E-state index >= 15 is 0 Å². The van der Waals surface area contributed by atoms with Crippen LogP contribution in [0.1, 0.15) is 19.8 Å². The summed E-state index contributed by atoms with van der Waals surface area (Å²) in [6.45, 7) is 3.37. The highest BCUT2D eigenvalue weighted by atomic mass is 14.9. The molecule has 8 heavy (non-hydrogen) atoms. The Morgan fingerprint density at radius 2 is 2.38 bits per heavy atom. The van der Waals surface area contributed by atoms with E-state index in [4.69, 9.17) is 0 Å². The Labute approximate surface area is 50.8 Å².